The van der Waals surface area contributed by atoms with Crippen molar-refractivity contribution in [2.45, 2.75) is 63.3 Å². The van der Waals surface area contributed by atoms with E-state index in [0.29, 0.717) is 30.2 Å². The number of aryl methyl sites for hydroxylation is 1. The number of hydrogen-bond donors (Lipinski definition) is 1. The second kappa shape index (κ2) is 8.18. The van der Waals surface area contributed by atoms with Gasteiger partial charge in [0.15, 0.2) is 5.16 Å². The van der Waals surface area contributed by atoms with Gasteiger partial charge in [-0.1, -0.05) is 11.8 Å². The van der Waals surface area contributed by atoms with E-state index in [2.05, 4.69) is 9.55 Å². The minimum atomic E-state index is -0.913. The van der Waals surface area contributed by atoms with Crippen LogP contribution in [0.5, 0.6) is 0 Å². The average molecular weight is 445 g/mol. The molecule has 2 aromatic rings. The number of rotatable bonds is 3. The summed E-state index contributed by atoms with van der Waals surface area (Å²) < 4.78 is 7.58. The zero-order valence-corrected chi connectivity index (χ0v) is 19.2. The van der Waals surface area contributed by atoms with Crippen molar-refractivity contribution < 1.29 is 19.4 Å². The zero-order valence-electron chi connectivity index (χ0n) is 18.3. The number of carboxylic acid groups (broad SMARTS) is 1. The summed E-state index contributed by atoms with van der Waals surface area (Å²) in [4.78, 5) is 35.2. The van der Waals surface area contributed by atoms with Gasteiger partial charge in [-0.3, -0.25) is 0 Å². The van der Waals surface area contributed by atoms with Gasteiger partial charge in [-0.25, -0.2) is 19.6 Å². The Morgan fingerprint density at radius 3 is 2.55 bits per heavy atom. The predicted octanol–water partition coefficient (Wildman–Crippen LogP) is 4.04. The van der Waals surface area contributed by atoms with Crippen LogP contribution in [0.2, 0.25) is 0 Å². The molecule has 9 heteroatoms. The number of carbonyl (C=O) groups is 2. The molecule has 1 aliphatic carbocycles. The number of ether oxygens (including phenoxy) is 1. The number of amides is 1. The first kappa shape index (κ1) is 21.7. The van der Waals surface area contributed by atoms with E-state index in [0.717, 1.165) is 41.8 Å². The average Bonchev–Trinajstić information content (AvgIpc) is 3.12. The monoisotopic (exact) mass is 444 g/mol. The molecule has 1 saturated heterocycles. The van der Waals surface area contributed by atoms with Crippen LogP contribution in [0.25, 0.3) is 11.4 Å². The Labute approximate surface area is 186 Å². The molecule has 0 radical (unpaired) electrons. The van der Waals surface area contributed by atoms with Crippen molar-refractivity contribution in [2.75, 3.05) is 19.3 Å². The van der Waals surface area contributed by atoms with Gasteiger partial charge >= 0.3 is 12.1 Å². The molecule has 0 spiro atoms. The summed E-state index contributed by atoms with van der Waals surface area (Å²) in [5.74, 6) is -0.913. The number of hydrogen-bond acceptors (Lipinski definition) is 6. The second-order valence-corrected chi connectivity index (χ2v) is 9.78. The molecule has 0 atom stereocenters. The van der Waals surface area contributed by atoms with Gasteiger partial charge in [0.1, 0.15) is 5.60 Å². The van der Waals surface area contributed by atoms with Crippen molar-refractivity contribution >= 4 is 23.8 Å². The molecule has 2 aliphatic rings. The number of nitrogens with zero attached hydrogens (tertiary/aromatic N) is 4. The second-order valence-electron chi connectivity index (χ2n) is 9.01. The Balaban J connectivity index is 1.65. The van der Waals surface area contributed by atoms with Crippen LogP contribution < -0.4 is 0 Å². The van der Waals surface area contributed by atoms with Crippen LogP contribution in [0.4, 0.5) is 4.79 Å². The fraction of sp³-hybridized carbons (Fsp3) is 0.545. The van der Waals surface area contributed by atoms with Gasteiger partial charge in [0, 0.05) is 31.5 Å². The van der Waals surface area contributed by atoms with Crippen molar-refractivity contribution in [2.24, 2.45) is 0 Å². The smallest absolute Gasteiger partial charge is 0.410 e. The lowest BCUT2D eigenvalue weighted by Crippen LogP contribution is -2.42. The van der Waals surface area contributed by atoms with Crippen molar-refractivity contribution in [3.8, 4) is 11.4 Å². The van der Waals surface area contributed by atoms with E-state index in [1.807, 2.05) is 33.2 Å². The third kappa shape index (κ3) is 4.28. The molecule has 1 amide bonds. The summed E-state index contributed by atoms with van der Waals surface area (Å²) in [6.07, 6.45) is 8.11. The van der Waals surface area contributed by atoms with E-state index >= 15 is 0 Å². The molecule has 8 nitrogen and oxygen atoms in total. The zero-order chi connectivity index (χ0) is 22.3. The van der Waals surface area contributed by atoms with E-state index in [9.17, 15) is 14.7 Å². The first-order valence-corrected chi connectivity index (χ1v) is 11.8. The van der Waals surface area contributed by atoms with E-state index in [4.69, 9.17) is 9.72 Å². The van der Waals surface area contributed by atoms with Crippen LogP contribution in [-0.2, 0) is 17.6 Å². The third-order valence-corrected chi connectivity index (χ3v) is 6.33. The number of likely N-dealkylation sites (tertiary alicyclic amines) is 1. The summed E-state index contributed by atoms with van der Waals surface area (Å²) in [6.45, 7) is 6.72. The Morgan fingerprint density at radius 2 is 1.94 bits per heavy atom. The van der Waals surface area contributed by atoms with Crippen molar-refractivity contribution in [3.63, 3.8) is 0 Å². The molecule has 3 heterocycles. The van der Waals surface area contributed by atoms with Crippen molar-refractivity contribution in [1.29, 1.82) is 0 Å². The maximum absolute atomic E-state index is 12.4. The number of thioether (sulfide) groups is 1. The van der Waals surface area contributed by atoms with Crippen LogP contribution in [0, 0.1) is 0 Å². The molecule has 0 bridgehead atoms. The molecule has 1 fully saturated rings. The molecular weight excluding hydrogens is 416 g/mol. The highest BCUT2D eigenvalue weighted by atomic mass is 32.2. The van der Waals surface area contributed by atoms with E-state index < -0.39 is 11.6 Å². The van der Waals surface area contributed by atoms with Gasteiger partial charge in [-0.2, -0.15) is 0 Å². The summed E-state index contributed by atoms with van der Waals surface area (Å²) in [7, 11) is 0. The predicted molar refractivity (Wildman–Crippen MR) is 118 cm³/mol. The lowest BCUT2D eigenvalue weighted by Gasteiger charge is -2.35. The molecule has 0 unspecified atom stereocenters. The van der Waals surface area contributed by atoms with Crippen LogP contribution >= 0.6 is 11.8 Å². The maximum Gasteiger partial charge on any atom is 0.410 e. The molecule has 31 heavy (non-hydrogen) atoms. The lowest BCUT2D eigenvalue weighted by atomic mass is 9.92. The Kier molecular flexibility index (Phi) is 5.72. The molecule has 166 valence electrons. The highest BCUT2D eigenvalue weighted by Crippen LogP contribution is 2.39. The largest absolute Gasteiger partial charge is 0.478 e. The normalized spacial score (nSPS) is 16.6. The van der Waals surface area contributed by atoms with Crippen molar-refractivity contribution in [3.05, 3.63) is 29.1 Å². The first-order valence-electron chi connectivity index (χ1n) is 10.5. The molecule has 1 aliphatic heterocycles. The molecule has 2 aromatic heterocycles. The van der Waals surface area contributed by atoms with E-state index in [-0.39, 0.29) is 12.1 Å². The summed E-state index contributed by atoms with van der Waals surface area (Å²) >= 11 is 1.47. The Hall–Kier alpha value is -2.55. The summed E-state index contributed by atoms with van der Waals surface area (Å²) in [5.41, 5.74) is 3.45. The number of aromatic carboxylic acids is 1. The fourth-order valence-corrected chi connectivity index (χ4v) is 4.69. The Morgan fingerprint density at radius 1 is 1.23 bits per heavy atom. The first-order chi connectivity index (χ1) is 14.7. The third-order valence-electron chi connectivity index (χ3n) is 5.77. The minimum absolute atomic E-state index is 0.0965. The maximum atomic E-state index is 12.4. The summed E-state index contributed by atoms with van der Waals surface area (Å²) in [5, 5.41) is 10.5. The number of fused-ring (bicyclic) bond motifs is 3. The topological polar surface area (TPSA) is 97.5 Å². The van der Waals surface area contributed by atoms with Crippen LogP contribution in [0.15, 0.2) is 17.6 Å². The molecule has 0 saturated carbocycles. The molecule has 1 N–H and O–H groups in total. The van der Waals surface area contributed by atoms with Crippen LogP contribution in [0.1, 0.15) is 61.1 Å². The number of carboxylic acids is 1. The van der Waals surface area contributed by atoms with E-state index in [1.165, 1.54) is 11.8 Å². The van der Waals surface area contributed by atoms with Crippen LogP contribution in [0.3, 0.4) is 0 Å². The molecule has 4 rings (SSSR count). The van der Waals surface area contributed by atoms with Gasteiger partial charge in [0.2, 0.25) is 0 Å². The minimum Gasteiger partial charge on any atom is -0.478 e. The molecular formula is C22H28N4O4S. The number of carbonyl (C=O) groups excluding carboxylic acids is 1. The van der Waals surface area contributed by atoms with Crippen molar-refractivity contribution in [1.82, 2.24) is 19.4 Å². The summed E-state index contributed by atoms with van der Waals surface area (Å²) in [6, 6.07) is 0.0965. The van der Waals surface area contributed by atoms with Gasteiger partial charge in [0.05, 0.1) is 17.0 Å². The van der Waals surface area contributed by atoms with Gasteiger partial charge in [-0.05, 0) is 63.8 Å². The molecule has 0 aromatic carbocycles. The lowest BCUT2D eigenvalue weighted by molar-refractivity contribution is 0.0189. The van der Waals surface area contributed by atoms with E-state index in [1.54, 1.807) is 11.1 Å². The van der Waals surface area contributed by atoms with Gasteiger partial charge < -0.3 is 19.3 Å². The SMILES string of the molecule is CSc1ncc2c(n1)-c1c(c(C(=O)O)cn1C1CCN(C(=O)OC(C)(C)C)CC1)CC2. The van der Waals surface area contributed by atoms with Gasteiger partial charge in [-0.15, -0.1) is 0 Å². The highest BCUT2D eigenvalue weighted by Gasteiger charge is 2.33. The highest BCUT2D eigenvalue weighted by molar-refractivity contribution is 7.98. The number of piperidine rings is 1. The fourth-order valence-electron chi connectivity index (χ4n) is 4.35. The van der Waals surface area contributed by atoms with Crippen LogP contribution in [-0.4, -0.2) is 61.6 Å². The standard InChI is InChI=1S/C22H28N4O4S/c1-22(2,3)30-21(29)25-9-7-14(8-10-25)26-12-16(19(27)28)15-6-5-13-11-23-20(31-4)24-17(13)18(15)26/h11-12,14H,5-10H2,1-4H3,(H,27,28). The quantitative estimate of drug-likeness (QED) is 0.564. The van der Waals surface area contributed by atoms with Gasteiger partial charge in [0.25, 0.3) is 0 Å². The Bertz CT molecular complexity index is 1020. The number of aromatic nitrogens is 3.